The molecular formula is C16H14FN5O. The summed E-state index contributed by atoms with van der Waals surface area (Å²) in [6.07, 6.45) is 5.03. The fourth-order valence-corrected chi connectivity index (χ4v) is 2.11. The Morgan fingerprint density at radius 2 is 2.09 bits per heavy atom. The van der Waals surface area contributed by atoms with E-state index >= 15 is 0 Å². The van der Waals surface area contributed by atoms with Gasteiger partial charge >= 0.3 is 0 Å². The van der Waals surface area contributed by atoms with Gasteiger partial charge in [0.1, 0.15) is 12.1 Å². The molecular weight excluding hydrogens is 297 g/mol. The molecule has 0 radical (unpaired) electrons. The molecule has 1 N–H and O–H groups in total. The van der Waals surface area contributed by atoms with Crippen molar-refractivity contribution < 1.29 is 9.18 Å². The Labute approximate surface area is 132 Å². The molecule has 1 amide bonds. The molecule has 0 aliphatic rings. The van der Waals surface area contributed by atoms with Crippen LogP contribution >= 0.6 is 0 Å². The summed E-state index contributed by atoms with van der Waals surface area (Å²) in [6.45, 7) is 0.514. The molecule has 0 aliphatic heterocycles. The summed E-state index contributed by atoms with van der Waals surface area (Å²) in [5.41, 5.74) is 1.58. The first kappa shape index (κ1) is 14.8. The Bertz CT molecular complexity index is 803. The second-order valence-corrected chi connectivity index (χ2v) is 4.98. The zero-order chi connectivity index (χ0) is 16.1. The highest BCUT2D eigenvalue weighted by Crippen LogP contribution is 2.06. The predicted molar refractivity (Wildman–Crippen MR) is 82.1 cm³/mol. The van der Waals surface area contributed by atoms with Crippen molar-refractivity contribution >= 4 is 11.9 Å². The van der Waals surface area contributed by atoms with E-state index in [1.54, 1.807) is 29.2 Å². The number of nitrogens with one attached hydrogen (secondary N) is 1. The molecule has 7 heteroatoms. The molecule has 0 unspecified atom stereocenters. The van der Waals surface area contributed by atoms with Gasteiger partial charge in [0.05, 0.1) is 13.0 Å². The van der Waals surface area contributed by atoms with E-state index in [4.69, 9.17) is 0 Å². The van der Waals surface area contributed by atoms with Crippen LogP contribution in [0.5, 0.6) is 0 Å². The lowest BCUT2D eigenvalue weighted by Crippen LogP contribution is -2.15. The maximum Gasteiger partial charge on any atom is 0.248 e. The number of hydrogen-bond donors (Lipinski definition) is 1. The van der Waals surface area contributed by atoms with E-state index in [-0.39, 0.29) is 24.1 Å². The summed E-state index contributed by atoms with van der Waals surface area (Å²) in [7, 11) is 0. The summed E-state index contributed by atoms with van der Waals surface area (Å²) in [4.78, 5) is 20.0. The highest BCUT2D eigenvalue weighted by atomic mass is 19.1. The van der Waals surface area contributed by atoms with Gasteiger partial charge in [0.15, 0.2) is 0 Å². The fraction of sp³-hybridized carbons (Fsp3) is 0.125. The summed E-state index contributed by atoms with van der Waals surface area (Å²) in [5, 5.41) is 6.77. The van der Waals surface area contributed by atoms with E-state index in [9.17, 15) is 9.18 Å². The molecule has 0 saturated carbocycles. The number of pyridine rings is 1. The van der Waals surface area contributed by atoms with Crippen molar-refractivity contribution in [3.05, 3.63) is 72.1 Å². The van der Waals surface area contributed by atoms with Crippen LogP contribution in [0.25, 0.3) is 0 Å². The van der Waals surface area contributed by atoms with Crippen molar-refractivity contribution in [1.29, 1.82) is 0 Å². The zero-order valence-corrected chi connectivity index (χ0v) is 12.2. The number of carbonyl (C=O) groups is 1. The van der Waals surface area contributed by atoms with Gasteiger partial charge in [-0.15, -0.1) is 5.10 Å². The number of amides is 1. The minimum Gasteiger partial charge on any atom is -0.293 e. The van der Waals surface area contributed by atoms with Crippen LogP contribution in [-0.4, -0.2) is 25.7 Å². The molecule has 0 aliphatic carbocycles. The number of anilines is 1. The minimum absolute atomic E-state index is 0.0644. The Morgan fingerprint density at radius 1 is 1.22 bits per heavy atom. The van der Waals surface area contributed by atoms with Crippen molar-refractivity contribution in [2.75, 3.05) is 5.32 Å². The van der Waals surface area contributed by atoms with Crippen LogP contribution in [0.1, 0.15) is 11.1 Å². The third-order valence-corrected chi connectivity index (χ3v) is 3.11. The smallest absolute Gasteiger partial charge is 0.248 e. The molecule has 6 nitrogen and oxygen atoms in total. The van der Waals surface area contributed by atoms with Gasteiger partial charge in [-0.2, -0.15) is 0 Å². The Morgan fingerprint density at radius 3 is 2.87 bits per heavy atom. The Kier molecular flexibility index (Phi) is 4.37. The standard InChI is InChI=1S/C16H14FN5O/c17-14-5-1-3-12(7-14)8-15(23)20-16-19-11-22(21-16)10-13-4-2-6-18-9-13/h1-7,9,11H,8,10H2,(H,20,21,23). The Hall–Kier alpha value is -3.09. The first-order valence-electron chi connectivity index (χ1n) is 7.02. The van der Waals surface area contributed by atoms with E-state index in [0.29, 0.717) is 12.1 Å². The average Bonchev–Trinajstić information content (AvgIpc) is 2.95. The highest BCUT2D eigenvalue weighted by Gasteiger charge is 2.08. The monoisotopic (exact) mass is 311 g/mol. The molecule has 2 aromatic heterocycles. The first-order valence-corrected chi connectivity index (χ1v) is 7.02. The van der Waals surface area contributed by atoms with Gasteiger partial charge in [0, 0.05) is 12.4 Å². The van der Waals surface area contributed by atoms with Crippen LogP contribution < -0.4 is 5.32 Å². The number of halogens is 1. The van der Waals surface area contributed by atoms with Crippen LogP contribution in [-0.2, 0) is 17.8 Å². The summed E-state index contributed by atoms with van der Waals surface area (Å²) >= 11 is 0. The van der Waals surface area contributed by atoms with E-state index in [2.05, 4.69) is 20.4 Å². The number of hydrogen-bond acceptors (Lipinski definition) is 4. The lowest BCUT2D eigenvalue weighted by Gasteiger charge is -2.02. The lowest BCUT2D eigenvalue weighted by molar-refractivity contribution is -0.115. The molecule has 0 bridgehead atoms. The van der Waals surface area contributed by atoms with Gasteiger partial charge < -0.3 is 0 Å². The third-order valence-electron chi connectivity index (χ3n) is 3.11. The largest absolute Gasteiger partial charge is 0.293 e. The number of aromatic nitrogens is 4. The van der Waals surface area contributed by atoms with E-state index in [1.165, 1.54) is 18.5 Å². The maximum atomic E-state index is 13.1. The molecule has 2 heterocycles. The number of nitrogens with zero attached hydrogens (tertiary/aromatic N) is 4. The maximum absolute atomic E-state index is 13.1. The van der Waals surface area contributed by atoms with Gasteiger partial charge in [0.25, 0.3) is 0 Å². The van der Waals surface area contributed by atoms with Crippen molar-refractivity contribution in [2.24, 2.45) is 0 Å². The normalized spacial score (nSPS) is 10.5. The zero-order valence-electron chi connectivity index (χ0n) is 12.2. The van der Waals surface area contributed by atoms with Crippen molar-refractivity contribution in [1.82, 2.24) is 19.7 Å². The SMILES string of the molecule is O=C(Cc1cccc(F)c1)Nc1ncn(Cc2cccnc2)n1. The molecule has 0 atom stereocenters. The van der Waals surface area contributed by atoms with Crippen LogP contribution in [0.2, 0.25) is 0 Å². The molecule has 3 aromatic rings. The van der Waals surface area contributed by atoms with Crippen LogP contribution in [0.15, 0.2) is 55.1 Å². The second-order valence-electron chi connectivity index (χ2n) is 4.98. The topological polar surface area (TPSA) is 72.7 Å². The van der Waals surface area contributed by atoms with Crippen molar-refractivity contribution in [2.45, 2.75) is 13.0 Å². The lowest BCUT2D eigenvalue weighted by atomic mass is 10.1. The predicted octanol–water partition coefficient (Wildman–Crippen LogP) is 2.04. The fourth-order valence-electron chi connectivity index (χ4n) is 2.11. The van der Waals surface area contributed by atoms with Gasteiger partial charge in [0.2, 0.25) is 11.9 Å². The molecule has 0 fully saturated rings. The number of rotatable bonds is 5. The summed E-state index contributed by atoms with van der Waals surface area (Å²) in [6, 6.07) is 9.69. The molecule has 0 spiro atoms. The second kappa shape index (κ2) is 6.78. The van der Waals surface area contributed by atoms with E-state index in [1.807, 2.05) is 12.1 Å². The average molecular weight is 311 g/mol. The van der Waals surface area contributed by atoms with Gasteiger partial charge in [-0.05, 0) is 29.3 Å². The third kappa shape index (κ3) is 4.19. The number of benzene rings is 1. The van der Waals surface area contributed by atoms with Crippen LogP contribution in [0.3, 0.4) is 0 Å². The minimum atomic E-state index is -0.367. The van der Waals surface area contributed by atoms with Crippen LogP contribution in [0.4, 0.5) is 10.3 Å². The number of carbonyl (C=O) groups excluding carboxylic acids is 1. The molecule has 116 valence electrons. The molecule has 1 aromatic carbocycles. The van der Waals surface area contributed by atoms with E-state index in [0.717, 1.165) is 5.56 Å². The Balaban J connectivity index is 1.59. The van der Waals surface area contributed by atoms with Crippen molar-refractivity contribution in [3.8, 4) is 0 Å². The van der Waals surface area contributed by atoms with Crippen molar-refractivity contribution in [3.63, 3.8) is 0 Å². The van der Waals surface area contributed by atoms with E-state index < -0.39 is 0 Å². The van der Waals surface area contributed by atoms with Crippen LogP contribution in [0, 0.1) is 5.82 Å². The quantitative estimate of drug-likeness (QED) is 0.782. The molecule has 0 saturated heterocycles. The first-order chi connectivity index (χ1) is 11.2. The molecule has 23 heavy (non-hydrogen) atoms. The highest BCUT2D eigenvalue weighted by molar-refractivity contribution is 5.90. The van der Waals surface area contributed by atoms with Gasteiger partial charge in [-0.1, -0.05) is 18.2 Å². The summed E-state index contributed by atoms with van der Waals surface area (Å²) < 4.78 is 14.7. The van der Waals surface area contributed by atoms with Gasteiger partial charge in [-0.3, -0.25) is 15.1 Å². The molecule has 3 rings (SSSR count). The van der Waals surface area contributed by atoms with Gasteiger partial charge in [-0.25, -0.2) is 14.1 Å². The summed E-state index contributed by atoms with van der Waals surface area (Å²) in [5.74, 6) is -0.445.